The Balaban J connectivity index is 1.81. The van der Waals surface area contributed by atoms with Crippen LogP contribution in [-0.2, 0) is 12.8 Å². The average Bonchev–Trinajstić information content (AvgIpc) is 2.42. The molecule has 2 aliphatic rings. The second-order valence-corrected chi connectivity index (χ2v) is 5.57. The first-order valence-electron chi connectivity index (χ1n) is 7.54. The maximum atomic E-state index is 7.89. The Morgan fingerprint density at radius 2 is 2.28 bits per heavy atom. The van der Waals surface area contributed by atoms with Crippen molar-refractivity contribution in [1.29, 1.82) is 0 Å². The fourth-order valence-corrected chi connectivity index (χ4v) is 3.08. The fraction of sp³-hybridized carbons (Fsp3) is 0.714. The third-order valence-electron chi connectivity index (χ3n) is 4.05. The van der Waals surface area contributed by atoms with E-state index in [2.05, 4.69) is 27.5 Å². The molecule has 1 saturated heterocycles. The van der Waals surface area contributed by atoms with Gasteiger partial charge in [-0.05, 0) is 57.7 Å². The number of nitrogens with zero attached hydrogens (tertiary/aromatic N) is 3. The second-order valence-electron chi connectivity index (χ2n) is 5.57. The molecule has 98 valence electrons. The molecule has 1 N–H and O–H groups in total. The van der Waals surface area contributed by atoms with Crippen molar-refractivity contribution in [3.05, 3.63) is 17.3 Å². The highest BCUT2D eigenvalue weighted by molar-refractivity contribution is 5.48. The van der Waals surface area contributed by atoms with Gasteiger partial charge in [-0.15, -0.1) is 5.10 Å². The van der Waals surface area contributed by atoms with Crippen LogP contribution >= 0.6 is 0 Å². The molecule has 0 amide bonds. The number of anilines is 1. The van der Waals surface area contributed by atoms with Crippen molar-refractivity contribution in [1.82, 2.24) is 15.1 Å². The van der Waals surface area contributed by atoms with Gasteiger partial charge in [-0.25, -0.2) is 0 Å². The van der Waals surface area contributed by atoms with E-state index in [0.717, 1.165) is 30.8 Å². The molecular formula is C14H22N4. The molecule has 1 unspecified atom stereocenters. The SMILES string of the molecule is [2H]c1nnc(NC2CCCN(C)C2)c2c1CCCC2. The van der Waals surface area contributed by atoms with Gasteiger partial charge in [-0.3, -0.25) is 0 Å². The van der Waals surface area contributed by atoms with Gasteiger partial charge in [0.2, 0.25) is 0 Å². The van der Waals surface area contributed by atoms with Crippen LogP contribution in [0.25, 0.3) is 0 Å². The summed E-state index contributed by atoms with van der Waals surface area (Å²) in [4.78, 5) is 2.36. The van der Waals surface area contributed by atoms with Crippen LogP contribution in [0.2, 0.25) is 0 Å². The van der Waals surface area contributed by atoms with Gasteiger partial charge in [0, 0.05) is 18.2 Å². The summed E-state index contributed by atoms with van der Waals surface area (Å²) in [6, 6.07) is 0.468. The average molecular weight is 247 g/mol. The molecule has 1 aliphatic heterocycles. The van der Waals surface area contributed by atoms with Crippen LogP contribution < -0.4 is 5.32 Å². The van der Waals surface area contributed by atoms with Crippen molar-refractivity contribution in [3.8, 4) is 0 Å². The van der Waals surface area contributed by atoms with Crippen molar-refractivity contribution >= 4 is 5.82 Å². The number of aromatic nitrogens is 2. The number of piperidine rings is 1. The molecule has 0 radical (unpaired) electrons. The van der Waals surface area contributed by atoms with Gasteiger partial charge in [-0.2, -0.15) is 5.10 Å². The van der Waals surface area contributed by atoms with E-state index < -0.39 is 0 Å². The number of fused-ring (bicyclic) bond motifs is 1. The summed E-state index contributed by atoms with van der Waals surface area (Å²) in [5.74, 6) is 0.936. The minimum Gasteiger partial charge on any atom is -0.364 e. The minimum atomic E-state index is 0.376. The van der Waals surface area contributed by atoms with Gasteiger partial charge in [0.05, 0.1) is 7.54 Å². The smallest absolute Gasteiger partial charge is 0.152 e. The van der Waals surface area contributed by atoms with Gasteiger partial charge in [0.1, 0.15) is 0 Å². The summed E-state index contributed by atoms with van der Waals surface area (Å²) in [5.41, 5.74) is 2.37. The lowest BCUT2D eigenvalue weighted by molar-refractivity contribution is 0.260. The first-order chi connectivity index (χ1) is 9.24. The molecule has 0 bridgehead atoms. The molecule has 0 aromatic carbocycles. The molecule has 1 aliphatic carbocycles. The molecule has 1 aromatic heterocycles. The molecule has 18 heavy (non-hydrogen) atoms. The molecule has 3 rings (SSSR count). The number of likely N-dealkylation sites (N-methyl/N-ethyl adjacent to an activating group) is 1. The number of nitrogens with one attached hydrogen (secondary N) is 1. The number of likely N-dealkylation sites (tertiary alicyclic amines) is 1. The highest BCUT2D eigenvalue weighted by atomic mass is 15.2. The number of hydrogen-bond donors (Lipinski definition) is 1. The summed E-state index contributed by atoms with van der Waals surface area (Å²) >= 11 is 0. The van der Waals surface area contributed by atoms with Crippen LogP contribution in [0.15, 0.2) is 6.17 Å². The van der Waals surface area contributed by atoms with Crippen molar-refractivity contribution in [3.63, 3.8) is 0 Å². The summed E-state index contributed by atoms with van der Waals surface area (Å²) in [6.07, 6.45) is 7.23. The summed E-state index contributed by atoms with van der Waals surface area (Å²) < 4.78 is 7.89. The lowest BCUT2D eigenvalue weighted by atomic mass is 9.93. The molecular weight excluding hydrogens is 224 g/mol. The molecule has 0 saturated carbocycles. The monoisotopic (exact) mass is 247 g/mol. The molecule has 4 nitrogen and oxygen atoms in total. The summed E-state index contributed by atoms with van der Waals surface area (Å²) in [5, 5.41) is 11.8. The lowest BCUT2D eigenvalue weighted by Crippen LogP contribution is -2.40. The second kappa shape index (κ2) is 5.22. The Labute approximate surface area is 110 Å². The van der Waals surface area contributed by atoms with E-state index in [4.69, 9.17) is 1.37 Å². The summed E-state index contributed by atoms with van der Waals surface area (Å²) in [6.45, 7) is 2.26. The largest absolute Gasteiger partial charge is 0.364 e. The highest BCUT2D eigenvalue weighted by Crippen LogP contribution is 2.26. The van der Waals surface area contributed by atoms with Gasteiger partial charge in [-0.1, -0.05) is 0 Å². The fourth-order valence-electron chi connectivity index (χ4n) is 3.08. The highest BCUT2D eigenvalue weighted by Gasteiger charge is 2.20. The minimum absolute atomic E-state index is 0.376. The van der Waals surface area contributed by atoms with Gasteiger partial charge < -0.3 is 10.2 Å². The van der Waals surface area contributed by atoms with E-state index in [1.807, 2.05) is 0 Å². The third kappa shape index (κ3) is 2.48. The van der Waals surface area contributed by atoms with Gasteiger partial charge in [0.25, 0.3) is 0 Å². The molecule has 1 fully saturated rings. The zero-order valence-electron chi connectivity index (χ0n) is 12.1. The van der Waals surface area contributed by atoms with E-state index >= 15 is 0 Å². The predicted octanol–water partition coefficient (Wildman–Crippen LogP) is 1.86. The number of hydrogen-bond acceptors (Lipinski definition) is 4. The molecule has 2 heterocycles. The first-order valence-corrected chi connectivity index (χ1v) is 7.04. The van der Waals surface area contributed by atoms with E-state index in [0.29, 0.717) is 12.2 Å². The van der Waals surface area contributed by atoms with Crippen LogP contribution in [0.1, 0.15) is 38.2 Å². The van der Waals surface area contributed by atoms with Crippen molar-refractivity contribution in [2.45, 2.75) is 44.6 Å². The Hall–Kier alpha value is -1.16. The van der Waals surface area contributed by atoms with Crippen molar-refractivity contribution in [2.75, 3.05) is 25.5 Å². The van der Waals surface area contributed by atoms with Crippen LogP contribution in [0, 0.1) is 0 Å². The van der Waals surface area contributed by atoms with Crippen LogP contribution in [0.5, 0.6) is 0 Å². The van der Waals surface area contributed by atoms with Crippen LogP contribution in [0.3, 0.4) is 0 Å². The standard InChI is InChI=1S/C14H22N4/c1-18-8-4-6-12(10-18)16-14-13-7-3-2-5-11(13)9-15-17-14/h9,12H,2-8,10H2,1H3,(H,16,17)/i9D. The number of rotatable bonds is 2. The lowest BCUT2D eigenvalue weighted by Gasteiger charge is -2.31. The first kappa shape index (κ1) is 10.7. The Bertz CT molecular complexity index is 463. The normalized spacial score (nSPS) is 25.4. The quantitative estimate of drug-likeness (QED) is 0.866. The molecule has 1 atom stereocenters. The Kier molecular flexibility index (Phi) is 3.12. The third-order valence-corrected chi connectivity index (χ3v) is 4.05. The van der Waals surface area contributed by atoms with Crippen LogP contribution in [-0.4, -0.2) is 41.3 Å². The zero-order valence-corrected chi connectivity index (χ0v) is 11.1. The Morgan fingerprint density at radius 3 is 3.17 bits per heavy atom. The molecule has 0 spiro atoms. The van der Waals surface area contributed by atoms with E-state index in [1.54, 1.807) is 0 Å². The van der Waals surface area contributed by atoms with Gasteiger partial charge in [0.15, 0.2) is 5.82 Å². The Morgan fingerprint density at radius 1 is 1.39 bits per heavy atom. The van der Waals surface area contributed by atoms with E-state index in [9.17, 15) is 0 Å². The predicted molar refractivity (Wildman–Crippen MR) is 72.8 cm³/mol. The molecule has 1 aromatic rings. The van der Waals surface area contributed by atoms with E-state index in [-0.39, 0.29) is 0 Å². The topological polar surface area (TPSA) is 41.1 Å². The van der Waals surface area contributed by atoms with Crippen molar-refractivity contribution < 1.29 is 1.37 Å². The maximum absolute atomic E-state index is 7.89. The van der Waals surface area contributed by atoms with E-state index in [1.165, 1.54) is 37.8 Å². The maximum Gasteiger partial charge on any atom is 0.152 e. The van der Waals surface area contributed by atoms with Gasteiger partial charge >= 0.3 is 0 Å². The van der Waals surface area contributed by atoms with Crippen LogP contribution in [0.4, 0.5) is 5.82 Å². The zero-order chi connectivity index (χ0) is 13.2. The molecule has 4 heteroatoms. The van der Waals surface area contributed by atoms with Crippen molar-refractivity contribution in [2.24, 2.45) is 0 Å². The summed E-state index contributed by atoms with van der Waals surface area (Å²) in [7, 11) is 2.17.